The Kier molecular flexibility index (Phi) is 4.49. The van der Waals surface area contributed by atoms with Crippen molar-refractivity contribution in [3.63, 3.8) is 0 Å². The number of hydrogen-bond donors (Lipinski definition) is 0. The van der Waals surface area contributed by atoms with Gasteiger partial charge in [-0.15, -0.1) is 0 Å². The molecule has 0 saturated carbocycles. The summed E-state index contributed by atoms with van der Waals surface area (Å²) in [6.45, 7) is 6.79. The van der Waals surface area contributed by atoms with E-state index in [1.807, 2.05) is 0 Å². The number of carboxylic acid groups (broad SMARTS) is 1. The molecule has 0 aromatic carbocycles. The Balaban J connectivity index is 1.60. The van der Waals surface area contributed by atoms with Gasteiger partial charge in [-0.25, -0.2) is 4.79 Å². The maximum absolute atomic E-state index is 12.8. The van der Waals surface area contributed by atoms with Crippen LogP contribution in [0.4, 0.5) is 4.79 Å². The number of ether oxygens (including phenoxy) is 2. The smallest absolute Gasteiger partial charge is 0.410 e. The second-order valence-electron chi connectivity index (χ2n) is 7.61. The number of hydrogen-bond acceptors (Lipinski definition) is 6. The van der Waals surface area contributed by atoms with E-state index in [0.717, 1.165) is 0 Å². The molecule has 0 aromatic rings. The molecular formula is C17H23N2O6-. The highest BCUT2D eigenvalue weighted by atomic mass is 16.6. The highest BCUT2D eigenvalue weighted by molar-refractivity contribution is 5.87. The summed E-state index contributed by atoms with van der Waals surface area (Å²) < 4.78 is 10.9. The molecule has 138 valence electrons. The van der Waals surface area contributed by atoms with Crippen molar-refractivity contribution >= 4 is 18.0 Å². The summed E-state index contributed by atoms with van der Waals surface area (Å²) in [6, 6.07) is 0. The largest absolute Gasteiger partial charge is 0.550 e. The van der Waals surface area contributed by atoms with Gasteiger partial charge in [-0.05, 0) is 20.8 Å². The van der Waals surface area contributed by atoms with E-state index < -0.39 is 41.7 Å². The van der Waals surface area contributed by atoms with Crippen molar-refractivity contribution < 1.29 is 29.0 Å². The molecule has 3 aliphatic heterocycles. The first kappa shape index (κ1) is 17.7. The minimum absolute atomic E-state index is 0.255. The summed E-state index contributed by atoms with van der Waals surface area (Å²) in [5.74, 6) is -3.23. The van der Waals surface area contributed by atoms with Crippen molar-refractivity contribution in [2.24, 2.45) is 11.8 Å². The summed E-state index contributed by atoms with van der Waals surface area (Å²) in [4.78, 5) is 39.4. The van der Waals surface area contributed by atoms with Crippen LogP contribution in [0.2, 0.25) is 0 Å². The van der Waals surface area contributed by atoms with Crippen LogP contribution >= 0.6 is 0 Å². The Labute approximate surface area is 146 Å². The fourth-order valence-electron chi connectivity index (χ4n) is 3.53. The third-order valence-corrected chi connectivity index (χ3v) is 4.70. The molecule has 2 fully saturated rings. The van der Waals surface area contributed by atoms with E-state index in [4.69, 9.17) is 9.47 Å². The van der Waals surface area contributed by atoms with Crippen molar-refractivity contribution in [2.75, 3.05) is 26.2 Å². The van der Waals surface area contributed by atoms with Crippen LogP contribution in [-0.4, -0.2) is 71.8 Å². The number of fused-ring (bicyclic) bond motifs is 2. The van der Waals surface area contributed by atoms with Crippen LogP contribution in [0.25, 0.3) is 0 Å². The lowest BCUT2D eigenvalue weighted by Crippen LogP contribution is -2.55. The van der Waals surface area contributed by atoms with Crippen LogP contribution in [0.5, 0.6) is 0 Å². The Morgan fingerprint density at radius 2 is 1.52 bits per heavy atom. The Bertz CT molecular complexity index is 603. The van der Waals surface area contributed by atoms with Crippen molar-refractivity contribution in [3.8, 4) is 0 Å². The predicted molar refractivity (Wildman–Crippen MR) is 84.2 cm³/mol. The van der Waals surface area contributed by atoms with Gasteiger partial charge in [0.2, 0.25) is 5.91 Å². The third-order valence-electron chi connectivity index (χ3n) is 4.70. The Hall–Kier alpha value is -2.09. The number of piperazine rings is 1. The normalized spacial score (nSPS) is 31.3. The van der Waals surface area contributed by atoms with E-state index in [2.05, 4.69) is 0 Å². The maximum Gasteiger partial charge on any atom is 0.410 e. The molecule has 8 nitrogen and oxygen atoms in total. The summed E-state index contributed by atoms with van der Waals surface area (Å²) >= 11 is 0. The lowest BCUT2D eigenvalue weighted by molar-refractivity contribution is -0.313. The fourth-order valence-corrected chi connectivity index (χ4v) is 3.53. The lowest BCUT2D eigenvalue weighted by atomic mass is 9.82. The molecule has 3 rings (SSSR count). The number of nitrogens with zero attached hydrogens (tertiary/aromatic N) is 2. The van der Waals surface area contributed by atoms with E-state index >= 15 is 0 Å². The molecule has 2 saturated heterocycles. The maximum atomic E-state index is 12.8. The van der Waals surface area contributed by atoms with Gasteiger partial charge in [-0.1, -0.05) is 12.2 Å². The van der Waals surface area contributed by atoms with Crippen LogP contribution in [0.3, 0.4) is 0 Å². The molecule has 3 heterocycles. The summed E-state index contributed by atoms with van der Waals surface area (Å²) in [5.41, 5.74) is -0.571. The Morgan fingerprint density at radius 1 is 1.00 bits per heavy atom. The standard InChI is InChI=1S/C17H24N2O6/c1-17(2,3)25-16(23)19-8-6-18(7-9-19)14(20)12-10-4-5-11(24-10)13(12)15(21)22/h4-5,10-13H,6-9H2,1-3H3,(H,21,22)/p-1/t10-,11+,12?,13?/m1/s1. The van der Waals surface area contributed by atoms with Crippen LogP contribution < -0.4 is 5.11 Å². The van der Waals surface area contributed by atoms with Gasteiger partial charge >= 0.3 is 6.09 Å². The minimum atomic E-state index is -1.26. The van der Waals surface area contributed by atoms with Gasteiger partial charge in [0.1, 0.15) is 5.60 Å². The molecule has 0 aromatic heterocycles. The molecule has 2 amide bonds. The van der Waals surface area contributed by atoms with Crippen molar-refractivity contribution in [2.45, 2.75) is 38.6 Å². The van der Waals surface area contributed by atoms with Gasteiger partial charge in [0.15, 0.2) is 0 Å². The molecule has 3 aliphatic rings. The zero-order valence-corrected chi connectivity index (χ0v) is 14.6. The number of amides is 2. The summed E-state index contributed by atoms with van der Waals surface area (Å²) in [7, 11) is 0. The number of rotatable bonds is 2. The van der Waals surface area contributed by atoms with Gasteiger partial charge in [0.25, 0.3) is 0 Å². The SMILES string of the molecule is CC(C)(C)OC(=O)N1CCN(C(=O)C2C(C(=O)[O-])[C@@H]3C=C[C@H]2O3)CC1. The van der Waals surface area contributed by atoms with Gasteiger partial charge in [0.05, 0.1) is 18.1 Å². The quantitative estimate of drug-likeness (QED) is 0.615. The van der Waals surface area contributed by atoms with Crippen molar-refractivity contribution in [3.05, 3.63) is 12.2 Å². The highest BCUT2D eigenvalue weighted by Crippen LogP contribution is 2.40. The average Bonchev–Trinajstić information content (AvgIpc) is 3.13. The molecule has 2 unspecified atom stereocenters. The van der Waals surface area contributed by atoms with E-state index in [-0.39, 0.29) is 5.91 Å². The van der Waals surface area contributed by atoms with E-state index in [0.29, 0.717) is 26.2 Å². The second kappa shape index (κ2) is 6.33. The van der Waals surface area contributed by atoms with Crippen LogP contribution in [0.1, 0.15) is 20.8 Å². The first-order valence-electron chi connectivity index (χ1n) is 8.49. The molecule has 8 heteroatoms. The van der Waals surface area contributed by atoms with E-state index in [1.54, 1.807) is 42.7 Å². The first-order chi connectivity index (χ1) is 11.7. The zero-order valence-electron chi connectivity index (χ0n) is 14.6. The monoisotopic (exact) mass is 351 g/mol. The fraction of sp³-hybridized carbons (Fsp3) is 0.706. The summed E-state index contributed by atoms with van der Waals surface area (Å²) in [5, 5.41) is 11.4. The molecule has 4 atom stereocenters. The zero-order chi connectivity index (χ0) is 18.4. The predicted octanol–water partition coefficient (Wildman–Crippen LogP) is -0.615. The average molecular weight is 351 g/mol. The van der Waals surface area contributed by atoms with Gasteiger partial charge in [0, 0.05) is 38.1 Å². The number of carbonyl (C=O) groups is 3. The van der Waals surface area contributed by atoms with Gasteiger partial charge in [-0.3, -0.25) is 4.79 Å². The van der Waals surface area contributed by atoms with Crippen molar-refractivity contribution in [1.29, 1.82) is 0 Å². The Morgan fingerprint density at radius 3 is 2.04 bits per heavy atom. The topological polar surface area (TPSA) is 99.2 Å². The molecule has 0 aliphatic carbocycles. The molecule has 0 N–H and O–H groups in total. The van der Waals surface area contributed by atoms with Crippen LogP contribution in [-0.2, 0) is 19.1 Å². The van der Waals surface area contributed by atoms with Gasteiger partial charge < -0.3 is 29.2 Å². The van der Waals surface area contributed by atoms with E-state index in [1.165, 1.54) is 0 Å². The summed E-state index contributed by atoms with van der Waals surface area (Å²) in [6.07, 6.45) is 1.91. The number of aliphatic carboxylic acids is 1. The number of carbonyl (C=O) groups excluding carboxylic acids is 3. The van der Waals surface area contributed by atoms with E-state index in [9.17, 15) is 19.5 Å². The van der Waals surface area contributed by atoms with Crippen LogP contribution in [0.15, 0.2) is 12.2 Å². The second-order valence-corrected chi connectivity index (χ2v) is 7.61. The molecule has 0 radical (unpaired) electrons. The van der Waals surface area contributed by atoms with Crippen molar-refractivity contribution in [1.82, 2.24) is 9.80 Å². The minimum Gasteiger partial charge on any atom is -0.550 e. The molecule has 2 bridgehead atoms. The highest BCUT2D eigenvalue weighted by Gasteiger charge is 2.51. The molecule has 0 spiro atoms. The number of carboxylic acids is 1. The lowest BCUT2D eigenvalue weighted by Gasteiger charge is -2.38. The third kappa shape index (κ3) is 3.49. The van der Waals surface area contributed by atoms with Gasteiger partial charge in [-0.2, -0.15) is 0 Å². The first-order valence-corrected chi connectivity index (χ1v) is 8.49. The molecule has 25 heavy (non-hydrogen) atoms. The molecular weight excluding hydrogens is 328 g/mol. The van der Waals surface area contributed by atoms with Crippen LogP contribution in [0, 0.1) is 11.8 Å².